The monoisotopic (exact) mass is 277 g/mol. The predicted octanol–water partition coefficient (Wildman–Crippen LogP) is 4.23. The van der Waals surface area contributed by atoms with Crippen molar-refractivity contribution in [2.75, 3.05) is 0 Å². The van der Waals surface area contributed by atoms with E-state index >= 15 is 0 Å². The Hall–Kier alpha value is -1.32. The lowest BCUT2D eigenvalue weighted by Gasteiger charge is -2.06. The number of pyridine rings is 1. The second kappa shape index (κ2) is 6.03. The molecule has 0 fully saturated rings. The van der Waals surface area contributed by atoms with Crippen LogP contribution in [0.15, 0.2) is 47.6 Å². The van der Waals surface area contributed by atoms with Crippen LogP contribution in [0.3, 0.4) is 0 Å². The molecule has 1 aromatic carbocycles. The van der Waals surface area contributed by atoms with Crippen LogP contribution in [-0.4, -0.2) is 10.8 Å². The zero-order chi connectivity index (χ0) is 13.0. The fourth-order valence-corrected chi connectivity index (χ4v) is 2.86. The number of aromatic nitrogens is 1. The Labute approximate surface area is 115 Å². The van der Waals surface area contributed by atoms with Gasteiger partial charge in [0.15, 0.2) is 5.78 Å². The van der Waals surface area contributed by atoms with Crippen LogP contribution in [0.2, 0.25) is 5.02 Å². The average Bonchev–Trinajstić information content (AvgIpc) is 2.38. The lowest BCUT2D eigenvalue weighted by molar-refractivity contribution is 0.101. The first-order valence-corrected chi connectivity index (χ1v) is 6.87. The Morgan fingerprint density at radius 3 is 2.78 bits per heavy atom. The van der Waals surface area contributed by atoms with Crippen molar-refractivity contribution in [3.8, 4) is 0 Å². The normalized spacial score (nSPS) is 10.3. The van der Waals surface area contributed by atoms with E-state index in [1.807, 2.05) is 24.3 Å². The molecule has 0 unspecified atom stereocenters. The Kier molecular flexibility index (Phi) is 4.39. The number of nitrogens with zero attached hydrogens (tertiary/aromatic N) is 1. The van der Waals surface area contributed by atoms with E-state index < -0.39 is 0 Å². The number of rotatable bonds is 4. The highest BCUT2D eigenvalue weighted by atomic mass is 35.5. The Morgan fingerprint density at radius 1 is 1.28 bits per heavy atom. The number of carbonyl (C=O) groups is 1. The quantitative estimate of drug-likeness (QED) is 0.619. The molecule has 0 amide bonds. The van der Waals surface area contributed by atoms with E-state index in [0.29, 0.717) is 11.3 Å². The van der Waals surface area contributed by atoms with Gasteiger partial charge in [-0.05, 0) is 30.7 Å². The summed E-state index contributed by atoms with van der Waals surface area (Å²) in [7, 11) is 0. The van der Waals surface area contributed by atoms with Crippen LogP contribution in [0.4, 0.5) is 0 Å². The number of carbonyl (C=O) groups excluding carboxylic acids is 1. The number of benzene rings is 1. The summed E-state index contributed by atoms with van der Waals surface area (Å²) in [6.07, 6.45) is 1.70. The minimum atomic E-state index is 0.0322. The molecule has 0 aliphatic rings. The fraction of sp³-hybridized carbons (Fsp3) is 0.143. The molecule has 0 saturated heterocycles. The molecule has 2 rings (SSSR count). The lowest BCUT2D eigenvalue weighted by atomic mass is 10.2. The van der Waals surface area contributed by atoms with Crippen molar-refractivity contribution in [3.05, 3.63) is 58.7 Å². The second-order valence-electron chi connectivity index (χ2n) is 3.79. The van der Waals surface area contributed by atoms with Crippen LogP contribution in [0.1, 0.15) is 22.8 Å². The summed E-state index contributed by atoms with van der Waals surface area (Å²) in [4.78, 5) is 15.7. The fourth-order valence-electron chi connectivity index (χ4n) is 1.54. The highest BCUT2D eigenvalue weighted by Crippen LogP contribution is 2.27. The Balaban J connectivity index is 2.16. The second-order valence-corrected chi connectivity index (χ2v) is 5.16. The predicted molar refractivity (Wildman–Crippen MR) is 75.3 cm³/mol. The molecule has 0 bridgehead atoms. The van der Waals surface area contributed by atoms with Gasteiger partial charge in [-0.25, -0.2) is 4.98 Å². The molecule has 0 radical (unpaired) electrons. The summed E-state index contributed by atoms with van der Waals surface area (Å²) in [5, 5.41) is 1.50. The van der Waals surface area contributed by atoms with Crippen molar-refractivity contribution >= 4 is 29.1 Å². The highest BCUT2D eigenvalue weighted by Gasteiger charge is 2.09. The smallest absolute Gasteiger partial charge is 0.162 e. The molecule has 0 aliphatic carbocycles. The van der Waals surface area contributed by atoms with Crippen molar-refractivity contribution in [3.63, 3.8) is 0 Å². The van der Waals surface area contributed by atoms with Gasteiger partial charge in [0, 0.05) is 22.5 Å². The maximum atomic E-state index is 11.5. The molecular formula is C14H12ClNOS. The molecule has 18 heavy (non-hydrogen) atoms. The number of halogens is 1. The third-order valence-corrected chi connectivity index (χ3v) is 3.90. The standard InChI is InChI=1S/C14H12ClNOS/c1-10(17)12-6-4-8-16-14(12)18-9-11-5-2-3-7-13(11)15/h2-8H,9H2,1H3. The van der Waals surface area contributed by atoms with Gasteiger partial charge in [-0.1, -0.05) is 29.8 Å². The Bertz CT molecular complexity index is 571. The van der Waals surface area contributed by atoms with Gasteiger partial charge >= 0.3 is 0 Å². The molecule has 2 aromatic rings. The molecule has 4 heteroatoms. The van der Waals surface area contributed by atoms with Crippen molar-refractivity contribution < 1.29 is 4.79 Å². The van der Waals surface area contributed by atoms with E-state index in [-0.39, 0.29) is 5.78 Å². The Morgan fingerprint density at radius 2 is 2.06 bits per heavy atom. The van der Waals surface area contributed by atoms with Crippen LogP contribution in [-0.2, 0) is 5.75 Å². The first-order valence-electron chi connectivity index (χ1n) is 5.50. The van der Waals surface area contributed by atoms with E-state index in [1.165, 1.54) is 11.8 Å². The van der Waals surface area contributed by atoms with Gasteiger partial charge in [-0.15, -0.1) is 11.8 Å². The molecule has 1 heterocycles. The topological polar surface area (TPSA) is 30.0 Å². The van der Waals surface area contributed by atoms with Crippen molar-refractivity contribution in [2.45, 2.75) is 17.7 Å². The van der Waals surface area contributed by atoms with Gasteiger partial charge in [-0.2, -0.15) is 0 Å². The molecule has 1 aromatic heterocycles. The summed E-state index contributed by atoms with van der Waals surface area (Å²) in [5.74, 6) is 0.738. The lowest BCUT2D eigenvalue weighted by Crippen LogP contribution is -1.97. The molecular weight excluding hydrogens is 266 g/mol. The van der Waals surface area contributed by atoms with E-state index in [4.69, 9.17) is 11.6 Å². The van der Waals surface area contributed by atoms with Crippen LogP contribution >= 0.6 is 23.4 Å². The minimum Gasteiger partial charge on any atom is -0.294 e. The van der Waals surface area contributed by atoms with Gasteiger partial charge in [0.05, 0.1) is 0 Å². The maximum absolute atomic E-state index is 11.5. The number of hydrogen-bond acceptors (Lipinski definition) is 3. The SMILES string of the molecule is CC(=O)c1cccnc1SCc1ccccc1Cl. The van der Waals surface area contributed by atoms with Crippen LogP contribution in [0, 0.1) is 0 Å². The van der Waals surface area contributed by atoms with Crippen molar-refractivity contribution in [1.82, 2.24) is 4.98 Å². The summed E-state index contributed by atoms with van der Waals surface area (Å²) in [5.41, 5.74) is 1.71. The molecule has 2 nitrogen and oxygen atoms in total. The number of Topliss-reactive ketones (excluding diaryl/α,β-unsaturated/α-hetero) is 1. The van der Waals surface area contributed by atoms with Gasteiger partial charge < -0.3 is 0 Å². The van der Waals surface area contributed by atoms with Crippen molar-refractivity contribution in [1.29, 1.82) is 0 Å². The molecule has 0 spiro atoms. The largest absolute Gasteiger partial charge is 0.294 e. The van der Waals surface area contributed by atoms with Crippen LogP contribution < -0.4 is 0 Å². The van der Waals surface area contributed by atoms with Crippen LogP contribution in [0.5, 0.6) is 0 Å². The highest BCUT2D eigenvalue weighted by molar-refractivity contribution is 7.98. The third kappa shape index (κ3) is 3.12. The first kappa shape index (κ1) is 13.1. The van der Waals surface area contributed by atoms with Gasteiger partial charge in [0.1, 0.15) is 5.03 Å². The number of ketones is 1. The van der Waals surface area contributed by atoms with Gasteiger partial charge in [0.25, 0.3) is 0 Å². The van der Waals surface area contributed by atoms with Gasteiger partial charge in [0.2, 0.25) is 0 Å². The first-order chi connectivity index (χ1) is 8.68. The van der Waals surface area contributed by atoms with Gasteiger partial charge in [-0.3, -0.25) is 4.79 Å². The zero-order valence-corrected chi connectivity index (χ0v) is 11.5. The zero-order valence-electron chi connectivity index (χ0n) is 9.89. The van der Waals surface area contributed by atoms with E-state index in [9.17, 15) is 4.79 Å². The minimum absolute atomic E-state index is 0.0322. The molecule has 0 saturated carbocycles. The molecule has 0 aliphatic heterocycles. The van der Waals surface area contributed by atoms with E-state index in [1.54, 1.807) is 25.3 Å². The average molecular weight is 278 g/mol. The summed E-state index contributed by atoms with van der Waals surface area (Å²) in [6.45, 7) is 1.55. The van der Waals surface area contributed by atoms with Crippen molar-refractivity contribution in [2.24, 2.45) is 0 Å². The number of hydrogen-bond donors (Lipinski definition) is 0. The van der Waals surface area contributed by atoms with Crippen LogP contribution in [0.25, 0.3) is 0 Å². The third-order valence-electron chi connectivity index (χ3n) is 2.47. The molecule has 0 N–H and O–H groups in total. The number of thioether (sulfide) groups is 1. The summed E-state index contributed by atoms with van der Waals surface area (Å²) in [6, 6.07) is 11.3. The maximum Gasteiger partial charge on any atom is 0.162 e. The molecule has 92 valence electrons. The summed E-state index contributed by atoms with van der Waals surface area (Å²) < 4.78 is 0. The molecule has 0 atom stereocenters. The summed E-state index contributed by atoms with van der Waals surface area (Å²) >= 11 is 7.62. The van der Waals surface area contributed by atoms with E-state index in [2.05, 4.69) is 4.98 Å². The van der Waals surface area contributed by atoms with E-state index in [0.717, 1.165) is 15.6 Å².